The molecule has 2 heterocycles. The Kier molecular flexibility index (Phi) is 5.45. The molecule has 5 nitrogen and oxygen atoms in total. The smallest absolute Gasteiger partial charge is 0.266 e. The Labute approximate surface area is 162 Å². The molecule has 0 saturated carbocycles. The van der Waals surface area contributed by atoms with Crippen molar-refractivity contribution in [2.45, 2.75) is 30.5 Å². The van der Waals surface area contributed by atoms with Gasteiger partial charge in [-0.1, -0.05) is 30.0 Å². The van der Waals surface area contributed by atoms with Crippen molar-refractivity contribution in [2.75, 3.05) is 19.5 Å². The maximum absolute atomic E-state index is 13.2. The van der Waals surface area contributed by atoms with Crippen molar-refractivity contribution >= 4 is 22.7 Å². The zero-order chi connectivity index (χ0) is 18.6. The molecule has 1 aliphatic heterocycles. The van der Waals surface area contributed by atoms with Crippen LogP contribution in [0.15, 0.2) is 58.5 Å². The molecule has 4 rings (SSSR count). The summed E-state index contributed by atoms with van der Waals surface area (Å²) in [5.74, 6) is 1.49. The number of thioether (sulfide) groups is 1. The standard InChI is InChI=1S/C21H22N2O3S/c1-25-16-9-6-7-15(13-16)23-20(24)18-10-2-3-11-19(18)22-21(23)27-14-17-8-4-5-12-26-17/h2-3,6-7,9-11,13,17H,4-5,8,12,14H2,1H3/t17-/m1/s1. The lowest BCUT2D eigenvalue weighted by Crippen LogP contribution is -2.24. The lowest BCUT2D eigenvalue weighted by molar-refractivity contribution is 0.0315. The second-order valence-corrected chi connectivity index (χ2v) is 7.54. The molecular formula is C21H22N2O3S. The van der Waals surface area contributed by atoms with Crippen LogP contribution in [0.25, 0.3) is 16.6 Å². The molecule has 0 N–H and O–H groups in total. The molecule has 1 atom stereocenters. The number of fused-ring (bicyclic) bond motifs is 1. The molecule has 0 unspecified atom stereocenters. The van der Waals surface area contributed by atoms with Gasteiger partial charge in [0.1, 0.15) is 5.75 Å². The molecule has 3 aromatic rings. The van der Waals surface area contributed by atoms with Crippen molar-refractivity contribution in [1.82, 2.24) is 9.55 Å². The molecular weight excluding hydrogens is 360 g/mol. The number of hydrogen-bond acceptors (Lipinski definition) is 5. The van der Waals surface area contributed by atoms with E-state index in [0.29, 0.717) is 21.8 Å². The summed E-state index contributed by atoms with van der Waals surface area (Å²) in [6.45, 7) is 0.819. The monoisotopic (exact) mass is 382 g/mol. The van der Waals surface area contributed by atoms with Gasteiger partial charge in [-0.3, -0.25) is 9.36 Å². The zero-order valence-electron chi connectivity index (χ0n) is 15.3. The Morgan fingerprint density at radius 1 is 1.22 bits per heavy atom. The Balaban J connectivity index is 1.78. The van der Waals surface area contributed by atoms with Gasteiger partial charge in [0.25, 0.3) is 5.56 Å². The highest BCUT2D eigenvalue weighted by Gasteiger charge is 2.18. The van der Waals surface area contributed by atoms with E-state index in [0.717, 1.165) is 30.9 Å². The summed E-state index contributed by atoms with van der Waals surface area (Å²) in [7, 11) is 1.62. The summed E-state index contributed by atoms with van der Waals surface area (Å²) in [6, 6.07) is 15.0. The van der Waals surface area contributed by atoms with E-state index in [9.17, 15) is 4.79 Å². The summed E-state index contributed by atoms with van der Waals surface area (Å²) < 4.78 is 12.9. The highest BCUT2D eigenvalue weighted by atomic mass is 32.2. The van der Waals surface area contributed by atoms with Crippen LogP contribution in [0.4, 0.5) is 0 Å². The number of rotatable bonds is 5. The molecule has 2 aromatic carbocycles. The van der Waals surface area contributed by atoms with Crippen LogP contribution in [0.1, 0.15) is 19.3 Å². The number of aromatic nitrogens is 2. The molecule has 0 bridgehead atoms. The summed E-state index contributed by atoms with van der Waals surface area (Å²) in [5.41, 5.74) is 1.40. The number of methoxy groups -OCH3 is 1. The van der Waals surface area contributed by atoms with Gasteiger partial charge in [-0.2, -0.15) is 0 Å². The Morgan fingerprint density at radius 2 is 2.11 bits per heavy atom. The SMILES string of the molecule is COc1cccc(-n2c(SC[C@H]3CCCCO3)nc3ccccc3c2=O)c1. The summed E-state index contributed by atoms with van der Waals surface area (Å²) in [6.07, 6.45) is 3.60. The van der Waals surface area contributed by atoms with Gasteiger partial charge in [-0.05, 0) is 43.5 Å². The van der Waals surface area contributed by atoms with Gasteiger partial charge in [0, 0.05) is 18.4 Å². The molecule has 1 aromatic heterocycles. The van der Waals surface area contributed by atoms with Gasteiger partial charge in [-0.25, -0.2) is 4.98 Å². The summed E-state index contributed by atoms with van der Waals surface area (Å²) >= 11 is 1.58. The maximum atomic E-state index is 13.2. The molecule has 140 valence electrons. The van der Waals surface area contributed by atoms with Crippen LogP contribution in [0.5, 0.6) is 5.75 Å². The first kappa shape index (κ1) is 18.1. The van der Waals surface area contributed by atoms with Gasteiger partial charge >= 0.3 is 0 Å². The van der Waals surface area contributed by atoms with Crippen molar-refractivity contribution in [3.63, 3.8) is 0 Å². The molecule has 6 heteroatoms. The number of hydrogen-bond donors (Lipinski definition) is 0. The molecule has 0 aliphatic carbocycles. The molecule has 0 radical (unpaired) electrons. The Morgan fingerprint density at radius 3 is 2.93 bits per heavy atom. The van der Waals surface area contributed by atoms with E-state index in [2.05, 4.69) is 0 Å². The predicted molar refractivity (Wildman–Crippen MR) is 108 cm³/mol. The lowest BCUT2D eigenvalue weighted by atomic mass is 10.1. The van der Waals surface area contributed by atoms with Crippen molar-refractivity contribution in [3.8, 4) is 11.4 Å². The lowest BCUT2D eigenvalue weighted by Gasteiger charge is -2.22. The van der Waals surface area contributed by atoms with Gasteiger partial charge in [-0.15, -0.1) is 0 Å². The first-order chi connectivity index (χ1) is 13.3. The van der Waals surface area contributed by atoms with E-state index in [4.69, 9.17) is 14.5 Å². The minimum atomic E-state index is -0.0686. The van der Waals surface area contributed by atoms with E-state index in [1.807, 2.05) is 48.5 Å². The van der Waals surface area contributed by atoms with Crippen LogP contribution >= 0.6 is 11.8 Å². The van der Waals surface area contributed by atoms with Gasteiger partial charge < -0.3 is 9.47 Å². The third-order valence-corrected chi connectivity index (χ3v) is 5.80. The zero-order valence-corrected chi connectivity index (χ0v) is 16.1. The molecule has 0 amide bonds. The third-order valence-electron chi connectivity index (χ3n) is 4.73. The van der Waals surface area contributed by atoms with Crippen molar-refractivity contribution in [3.05, 3.63) is 58.9 Å². The first-order valence-electron chi connectivity index (χ1n) is 9.17. The third kappa shape index (κ3) is 3.87. The maximum Gasteiger partial charge on any atom is 0.266 e. The number of benzene rings is 2. The van der Waals surface area contributed by atoms with Gasteiger partial charge in [0.05, 0.1) is 29.8 Å². The quantitative estimate of drug-likeness (QED) is 0.492. The average molecular weight is 382 g/mol. The second-order valence-electron chi connectivity index (χ2n) is 6.55. The molecule has 0 spiro atoms. The number of para-hydroxylation sites is 1. The highest BCUT2D eigenvalue weighted by Crippen LogP contribution is 2.26. The van der Waals surface area contributed by atoms with Crippen molar-refractivity contribution in [2.24, 2.45) is 0 Å². The van der Waals surface area contributed by atoms with E-state index in [1.165, 1.54) is 6.42 Å². The Bertz CT molecular complexity index is 996. The number of nitrogens with zero attached hydrogens (tertiary/aromatic N) is 2. The summed E-state index contributed by atoms with van der Waals surface area (Å²) in [5, 5.41) is 1.29. The van der Waals surface area contributed by atoms with Crippen LogP contribution in [0.2, 0.25) is 0 Å². The average Bonchev–Trinajstić information content (AvgIpc) is 2.73. The van der Waals surface area contributed by atoms with Crippen LogP contribution in [0.3, 0.4) is 0 Å². The van der Waals surface area contributed by atoms with Crippen molar-refractivity contribution in [1.29, 1.82) is 0 Å². The van der Waals surface area contributed by atoms with Gasteiger partial charge in [0.2, 0.25) is 0 Å². The molecule has 1 saturated heterocycles. The van der Waals surface area contributed by atoms with Crippen LogP contribution < -0.4 is 10.3 Å². The topological polar surface area (TPSA) is 53.4 Å². The normalized spacial score (nSPS) is 17.1. The fraction of sp³-hybridized carbons (Fsp3) is 0.333. The van der Waals surface area contributed by atoms with Crippen molar-refractivity contribution < 1.29 is 9.47 Å². The number of ether oxygens (including phenoxy) is 2. The molecule has 27 heavy (non-hydrogen) atoms. The predicted octanol–water partition coefficient (Wildman–Crippen LogP) is 4.06. The Hall–Kier alpha value is -2.31. The van der Waals surface area contributed by atoms with E-state index < -0.39 is 0 Å². The van der Waals surface area contributed by atoms with Crippen LogP contribution in [0, 0.1) is 0 Å². The fourth-order valence-electron chi connectivity index (χ4n) is 3.29. The largest absolute Gasteiger partial charge is 0.497 e. The van der Waals surface area contributed by atoms with Crippen LogP contribution in [-0.2, 0) is 4.74 Å². The minimum absolute atomic E-state index is 0.0686. The minimum Gasteiger partial charge on any atom is -0.497 e. The highest BCUT2D eigenvalue weighted by molar-refractivity contribution is 7.99. The first-order valence-corrected chi connectivity index (χ1v) is 10.2. The molecule has 1 fully saturated rings. The summed E-state index contributed by atoms with van der Waals surface area (Å²) in [4.78, 5) is 18.0. The van der Waals surface area contributed by atoms with Crippen LogP contribution in [-0.4, -0.2) is 35.1 Å². The van der Waals surface area contributed by atoms with E-state index in [1.54, 1.807) is 23.4 Å². The fourth-order valence-corrected chi connectivity index (χ4v) is 4.37. The van der Waals surface area contributed by atoms with Gasteiger partial charge in [0.15, 0.2) is 5.16 Å². The van der Waals surface area contributed by atoms with E-state index >= 15 is 0 Å². The van der Waals surface area contributed by atoms with E-state index in [-0.39, 0.29) is 11.7 Å². The second kappa shape index (κ2) is 8.15. The molecule has 1 aliphatic rings.